The first-order valence-corrected chi connectivity index (χ1v) is 9.09. The van der Waals surface area contributed by atoms with Crippen molar-refractivity contribution in [1.82, 2.24) is 20.4 Å². The Labute approximate surface area is 152 Å². The maximum Gasteiger partial charge on any atom is 0.243 e. The van der Waals surface area contributed by atoms with Gasteiger partial charge in [-0.1, -0.05) is 19.9 Å². The molecule has 0 aliphatic carbocycles. The Kier molecular flexibility index (Phi) is 10.2. The van der Waals surface area contributed by atoms with Crippen LogP contribution in [0.4, 0.5) is 0 Å². The third-order valence-corrected chi connectivity index (χ3v) is 4.10. The summed E-state index contributed by atoms with van der Waals surface area (Å²) in [6.07, 6.45) is 2.89. The van der Waals surface area contributed by atoms with Gasteiger partial charge in [-0.2, -0.15) is 0 Å². The second-order valence-electron chi connectivity index (χ2n) is 6.94. The zero-order chi connectivity index (χ0) is 18.7. The minimum absolute atomic E-state index is 0.0217. The summed E-state index contributed by atoms with van der Waals surface area (Å²) in [6.45, 7) is 13.2. The number of aliphatic imine (C=N–C) groups is 1. The van der Waals surface area contributed by atoms with Crippen LogP contribution in [0, 0.1) is 5.92 Å². The van der Waals surface area contributed by atoms with Crippen molar-refractivity contribution >= 4 is 11.9 Å². The maximum atomic E-state index is 11.8. The summed E-state index contributed by atoms with van der Waals surface area (Å²) in [7, 11) is 3.47. The Morgan fingerprint density at radius 3 is 2.56 bits per heavy atom. The van der Waals surface area contributed by atoms with E-state index in [9.17, 15) is 4.79 Å². The minimum Gasteiger partial charge on any atom is -0.379 e. The first kappa shape index (κ1) is 21.4. The number of morpholine rings is 1. The molecule has 0 aromatic heterocycles. The largest absolute Gasteiger partial charge is 0.379 e. The van der Waals surface area contributed by atoms with Gasteiger partial charge in [0.15, 0.2) is 5.96 Å². The van der Waals surface area contributed by atoms with Crippen LogP contribution in [0.3, 0.4) is 0 Å². The smallest absolute Gasteiger partial charge is 0.243 e. The fourth-order valence-corrected chi connectivity index (χ4v) is 2.69. The van der Waals surface area contributed by atoms with Crippen molar-refractivity contribution in [2.24, 2.45) is 10.9 Å². The lowest BCUT2D eigenvalue weighted by atomic mass is 10.0. The quantitative estimate of drug-likeness (QED) is 0.360. The van der Waals surface area contributed by atoms with Crippen LogP contribution >= 0.6 is 0 Å². The van der Waals surface area contributed by atoms with Gasteiger partial charge in [0.05, 0.1) is 13.2 Å². The van der Waals surface area contributed by atoms with Crippen LogP contribution in [0.25, 0.3) is 0 Å². The van der Waals surface area contributed by atoms with Crippen LogP contribution in [-0.2, 0) is 9.53 Å². The molecule has 0 aromatic carbocycles. The van der Waals surface area contributed by atoms with Crippen LogP contribution in [-0.4, -0.2) is 87.7 Å². The molecule has 0 radical (unpaired) electrons. The molecule has 1 rings (SSSR count). The molecule has 1 saturated heterocycles. The molecule has 1 aliphatic rings. The maximum absolute atomic E-state index is 11.8. The van der Waals surface area contributed by atoms with E-state index in [0.29, 0.717) is 24.5 Å². The van der Waals surface area contributed by atoms with Gasteiger partial charge in [0, 0.05) is 46.3 Å². The van der Waals surface area contributed by atoms with E-state index in [1.54, 1.807) is 25.1 Å². The third-order valence-electron chi connectivity index (χ3n) is 4.10. The molecule has 1 unspecified atom stereocenters. The number of rotatable bonds is 9. The monoisotopic (exact) mass is 353 g/mol. The van der Waals surface area contributed by atoms with Crippen LogP contribution in [0.2, 0.25) is 0 Å². The average molecular weight is 354 g/mol. The Balaban J connectivity index is 2.66. The zero-order valence-electron chi connectivity index (χ0n) is 16.3. The molecule has 2 N–H and O–H groups in total. The highest BCUT2D eigenvalue weighted by atomic mass is 16.5. The molecule has 25 heavy (non-hydrogen) atoms. The molecule has 0 spiro atoms. The number of hydrogen-bond acceptors (Lipinski definition) is 4. The van der Waals surface area contributed by atoms with Crippen molar-refractivity contribution in [2.75, 3.05) is 60.0 Å². The summed E-state index contributed by atoms with van der Waals surface area (Å²) in [5.41, 5.74) is 0. The van der Waals surface area contributed by atoms with E-state index in [1.165, 1.54) is 0 Å². The lowest BCUT2D eigenvalue weighted by Crippen LogP contribution is -2.51. The van der Waals surface area contributed by atoms with Crippen molar-refractivity contribution < 1.29 is 9.53 Å². The van der Waals surface area contributed by atoms with Gasteiger partial charge >= 0.3 is 0 Å². The minimum atomic E-state index is -0.0217. The Morgan fingerprint density at radius 2 is 2.00 bits per heavy atom. The topological polar surface area (TPSA) is 69.2 Å². The standard InChI is InChI=1S/C18H35N5O2/c1-6-7-19-18(21-14-17(24)22(4)5)20-13-16(12-15(2)3)23-8-10-25-11-9-23/h6,15-16H,1,7-14H2,2-5H3,(H2,19,20,21). The highest BCUT2D eigenvalue weighted by molar-refractivity contribution is 5.84. The second-order valence-corrected chi connectivity index (χ2v) is 6.94. The molecule has 7 heteroatoms. The van der Waals surface area contributed by atoms with Crippen LogP contribution in [0.5, 0.6) is 0 Å². The van der Waals surface area contributed by atoms with E-state index >= 15 is 0 Å². The van der Waals surface area contributed by atoms with Gasteiger partial charge in [-0.05, 0) is 12.3 Å². The molecule has 0 bridgehead atoms. The predicted molar refractivity (Wildman–Crippen MR) is 103 cm³/mol. The summed E-state index contributed by atoms with van der Waals surface area (Å²) in [6, 6.07) is 0.421. The van der Waals surface area contributed by atoms with Crippen molar-refractivity contribution in [1.29, 1.82) is 0 Å². The van der Waals surface area contributed by atoms with Crippen molar-refractivity contribution in [3.63, 3.8) is 0 Å². The molecule has 0 saturated carbocycles. The number of nitrogens with one attached hydrogen (secondary N) is 2. The number of nitrogens with zero attached hydrogens (tertiary/aromatic N) is 3. The molecule has 1 fully saturated rings. The summed E-state index contributed by atoms with van der Waals surface area (Å²) in [5.74, 6) is 1.25. The van der Waals surface area contributed by atoms with E-state index in [4.69, 9.17) is 4.74 Å². The number of hydrogen-bond donors (Lipinski definition) is 2. The number of amides is 1. The molecular weight excluding hydrogens is 318 g/mol. The molecular formula is C18H35N5O2. The number of carbonyl (C=O) groups is 1. The van der Waals surface area contributed by atoms with Crippen molar-refractivity contribution in [3.8, 4) is 0 Å². The SMILES string of the molecule is C=CCNC(=NCC(=O)N(C)C)NCC(CC(C)C)N1CCOCC1. The summed E-state index contributed by atoms with van der Waals surface area (Å²) in [5, 5.41) is 6.57. The fourth-order valence-electron chi connectivity index (χ4n) is 2.69. The molecule has 7 nitrogen and oxygen atoms in total. The van der Waals surface area contributed by atoms with E-state index < -0.39 is 0 Å². The Morgan fingerprint density at radius 1 is 1.32 bits per heavy atom. The normalized spacial score (nSPS) is 17.2. The first-order valence-electron chi connectivity index (χ1n) is 9.09. The zero-order valence-corrected chi connectivity index (χ0v) is 16.3. The van der Waals surface area contributed by atoms with Gasteiger partial charge < -0.3 is 20.3 Å². The lowest BCUT2D eigenvalue weighted by Gasteiger charge is -2.35. The second kappa shape index (κ2) is 11.9. The number of guanidine groups is 1. The fraction of sp³-hybridized carbons (Fsp3) is 0.778. The Bertz CT molecular complexity index is 431. The average Bonchev–Trinajstić information content (AvgIpc) is 2.59. The highest BCUT2D eigenvalue weighted by Gasteiger charge is 2.22. The first-order chi connectivity index (χ1) is 11.9. The van der Waals surface area contributed by atoms with Crippen LogP contribution < -0.4 is 10.6 Å². The number of carbonyl (C=O) groups excluding carboxylic acids is 1. The summed E-state index contributed by atoms with van der Waals surface area (Å²) in [4.78, 5) is 20.2. The molecule has 1 amide bonds. The van der Waals surface area contributed by atoms with Crippen molar-refractivity contribution in [3.05, 3.63) is 12.7 Å². The van der Waals surface area contributed by atoms with Gasteiger partial charge in [0.1, 0.15) is 6.54 Å². The van der Waals surface area contributed by atoms with E-state index in [-0.39, 0.29) is 12.5 Å². The van der Waals surface area contributed by atoms with Gasteiger partial charge in [-0.25, -0.2) is 4.99 Å². The molecule has 1 heterocycles. The third kappa shape index (κ3) is 8.88. The van der Waals surface area contributed by atoms with Crippen LogP contribution in [0.1, 0.15) is 20.3 Å². The van der Waals surface area contributed by atoms with Crippen molar-refractivity contribution in [2.45, 2.75) is 26.3 Å². The van der Waals surface area contributed by atoms with Gasteiger partial charge in [0.2, 0.25) is 5.91 Å². The lowest BCUT2D eigenvalue weighted by molar-refractivity contribution is -0.127. The van der Waals surface area contributed by atoms with Gasteiger partial charge in [-0.15, -0.1) is 6.58 Å². The number of ether oxygens (including phenoxy) is 1. The molecule has 144 valence electrons. The number of likely N-dealkylation sites (N-methyl/N-ethyl adjacent to an activating group) is 1. The predicted octanol–water partition coefficient (Wildman–Crippen LogP) is 0.543. The van der Waals surface area contributed by atoms with E-state index in [0.717, 1.165) is 39.3 Å². The van der Waals surface area contributed by atoms with Gasteiger partial charge in [0.25, 0.3) is 0 Å². The molecule has 1 aliphatic heterocycles. The van der Waals surface area contributed by atoms with E-state index in [2.05, 4.69) is 41.0 Å². The Hall–Kier alpha value is -1.60. The summed E-state index contributed by atoms with van der Waals surface area (Å²) < 4.78 is 5.47. The summed E-state index contributed by atoms with van der Waals surface area (Å²) >= 11 is 0. The highest BCUT2D eigenvalue weighted by Crippen LogP contribution is 2.12. The van der Waals surface area contributed by atoms with Gasteiger partial charge in [-0.3, -0.25) is 9.69 Å². The van der Waals surface area contributed by atoms with Crippen LogP contribution in [0.15, 0.2) is 17.6 Å². The molecule has 0 aromatic rings. The van der Waals surface area contributed by atoms with E-state index in [1.807, 2.05) is 0 Å². The molecule has 1 atom stereocenters.